The Labute approximate surface area is 135 Å². The number of carbonyl (C=O) groups excluding carboxylic acids is 1. The van der Waals surface area contributed by atoms with Crippen molar-refractivity contribution in [2.45, 2.75) is 6.54 Å². The Morgan fingerprint density at radius 1 is 1.33 bits per heavy atom. The summed E-state index contributed by atoms with van der Waals surface area (Å²) in [5.41, 5.74) is 2.49. The van der Waals surface area contributed by atoms with E-state index < -0.39 is 0 Å². The summed E-state index contributed by atoms with van der Waals surface area (Å²) in [6.07, 6.45) is 0. The molecule has 2 aromatic carbocycles. The Kier molecular flexibility index (Phi) is 4.03. The third-order valence-corrected chi connectivity index (χ3v) is 4.22. The summed E-state index contributed by atoms with van der Waals surface area (Å²) in [5, 5.41) is 6.54. The normalized spacial score (nSPS) is 13.1. The number of fused-ring (bicyclic) bond motifs is 1. The van der Waals surface area contributed by atoms with Gasteiger partial charge in [-0.25, -0.2) is 0 Å². The molecule has 0 radical (unpaired) electrons. The average molecular weight is 368 g/mol. The molecule has 2 aromatic rings. The topological polar surface area (TPSA) is 50.4 Å². The molecule has 0 saturated carbocycles. The zero-order valence-electron chi connectivity index (χ0n) is 11.0. The molecule has 6 heteroatoms. The number of ether oxygens (including phenoxy) is 1. The molecule has 1 heterocycles. The van der Waals surface area contributed by atoms with Gasteiger partial charge in [0.05, 0.1) is 16.4 Å². The first-order valence-corrected chi connectivity index (χ1v) is 7.54. The van der Waals surface area contributed by atoms with Gasteiger partial charge in [-0.05, 0) is 17.7 Å². The Hall–Kier alpha value is -1.72. The maximum Gasteiger partial charge on any atom is 0.262 e. The van der Waals surface area contributed by atoms with Crippen molar-refractivity contribution in [3.05, 3.63) is 51.5 Å². The number of hydrogen-bond acceptors (Lipinski definition) is 3. The van der Waals surface area contributed by atoms with Gasteiger partial charge in [-0.15, -0.1) is 0 Å². The summed E-state index contributed by atoms with van der Waals surface area (Å²) < 4.78 is 6.42. The van der Waals surface area contributed by atoms with Crippen LogP contribution < -0.4 is 15.4 Å². The molecule has 0 saturated heterocycles. The van der Waals surface area contributed by atoms with Crippen LogP contribution in [0.3, 0.4) is 0 Å². The Balaban J connectivity index is 1.80. The lowest BCUT2D eigenvalue weighted by atomic mass is 10.2. The lowest BCUT2D eigenvalue weighted by Gasteiger charge is -2.20. The molecule has 0 spiro atoms. The predicted octanol–water partition coefficient (Wildman–Crippen LogP) is 4.05. The van der Waals surface area contributed by atoms with E-state index in [-0.39, 0.29) is 12.5 Å². The fourth-order valence-electron chi connectivity index (χ4n) is 2.07. The van der Waals surface area contributed by atoms with E-state index in [0.717, 1.165) is 15.7 Å². The van der Waals surface area contributed by atoms with E-state index in [1.807, 2.05) is 24.3 Å². The number of hydrogen-bond donors (Lipinski definition) is 2. The third-order valence-electron chi connectivity index (χ3n) is 3.13. The van der Waals surface area contributed by atoms with Crippen LogP contribution in [-0.4, -0.2) is 12.5 Å². The summed E-state index contributed by atoms with van der Waals surface area (Å²) in [6.45, 7) is 0.657. The van der Waals surface area contributed by atoms with E-state index >= 15 is 0 Å². The van der Waals surface area contributed by atoms with Gasteiger partial charge in [0.25, 0.3) is 5.91 Å². The van der Waals surface area contributed by atoms with Crippen molar-refractivity contribution >= 4 is 44.8 Å². The molecule has 0 aromatic heterocycles. The maximum absolute atomic E-state index is 11.3. The molecule has 0 unspecified atom stereocenters. The van der Waals surface area contributed by atoms with E-state index in [9.17, 15) is 4.79 Å². The second kappa shape index (κ2) is 5.95. The Morgan fingerprint density at radius 3 is 2.95 bits per heavy atom. The first-order chi connectivity index (χ1) is 10.1. The first kappa shape index (κ1) is 14.2. The van der Waals surface area contributed by atoms with Crippen molar-refractivity contribution in [3.8, 4) is 5.75 Å². The highest BCUT2D eigenvalue weighted by Gasteiger charge is 2.18. The van der Waals surface area contributed by atoms with Crippen LogP contribution in [0, 0.1) is 0 Å². The number of rotatable bonds is 3. The molecule has 0 fully saturated rings. The van der Waals surface area contributed by atoms with Crippen molar-refractivity contribution < 1.29 is 9.53 Å². The molecule has 0 aliphatic carbocycles. The third kappa shape index (κ3) is 3.14. The molecule has 21 heavy (non-hydrogen) atoms. The molecule has 1 aliphatic rings. The highest BCUT2D eigenvalue weighted by molar-refractivity contribution is 9.10. The van der Waals surface area contributed by atoms with Gasteiger partial charge in [-0.1, -0.05) is 45.7 Å². The maximum atomic E-state index is 11.3. The van der Waals surface area contributed by atoms with Gasteiger partial charge >= 0.3 is 0 Å². The van der Waals surface area contributed by atoms with Crippen molar-refractivity contribution in [3.63, 3.8) is 0 Å². The standard InChI is InChI=1S/C15H12BrClN2O2/c16-10-4-2-1-3-9(10)7-18-12-6-14-13(5-11(12)17)19-15(20)8-21-14/h1-6,18H,7-8H2,(H,19,20). The van der Waals surface area contributed by atoms with Gasteiger partial charge < -0.3 is 15.4 Å². The average Bonchev–Trinajstić information content (AvgIpc) is 2.46. The minimum atomic E-state index is -0.174. The van der Waals surface area contributed by atoms with E-state index in [1.165, 1.54) is 0 Å². The largest absolute Gasteiger partial charge is 0.482 e. The van der Waals surface area contributed by atoms with Crippen LogP contribution in [0.2, 0.25) is 5.02 Å². The smallest absolute Gasteiger partial charge is 0.262 e. The Morgan fingerprint density at radius 2 is 2.14 bits per heavy atom. The number of amides is 1. The highest BCUT2D eigenvalue weighted by Crippen LogP contribution is 2.36. The summed E-state index contributed by atoms with van der Waals surface area (Å²) in [4.78, 5) is 11.3. The monoisotopic (exact) mass is 366 g/mol. The fourth-order valence-corrected chi connectivity index (χ4v) is 2.72. The summed E-state index contributed by atoms with van der Waals surface area (Å²) in [5.74, 6) is 0.445. The summed E-state index contributed by atoms with van der Waals surface area (Å²) in [6, 6.07) is 11.5. The molecule has 1 amide bonds. The fraction of sp³-hybridized carbons (Fsp3) is 0.133. The van der Waals surface area contributed by atoms with Gasteiger partial charge in [-0.2, -0.15) is 0 Å². The van der Waals surface area contributed by atoms with Crippen LogP contribution in [0.5, 0.6) is 5.75 Å². The SMILES string of the molecule is O=C1COc2cc(NCc3ccccc3Br)c(Cl)cc2N1. The zero-order chi connectivity index (χ0) is 14.8. The van der Waals surface area contributed by atoms with Gasteiger partial charge in [0.2, 0.25) is 0 Å². The molecular weight excluding hydrogens is 356 g/mol. The van der Waals surface area contributed by atoms with Crippen LogP contribution in [0.15, 0.2) is 40.9 Å². The van der Waals surface area contributed by atoms with E-state index in [0.29, 0.717) is 23.0 Å². The first-order valence-electron chi connectivity index (χ1n) is 6.37. The van der Waals surface area contributed by atoms with Crippen molar-refractivity contribution in [1.29, 1.82) is 0 Å². The van der Waals surface area contributed by atoms with Crippen LogP contribution in [0.25, 0.3) is 0 Å². The highest BCUT2D eigenvalue weighted by atomic mass is 79.9. The van der Waals surface area contributed by atoms with Gasteiger partial charge in [0.1, 0.15) is 5.75 Å². The molecule has 2 N–H and O–H groups in total. The van der Waals surface area contributed by atoms with Crippen LogP contribution in [0.1, 0.15) is 5.56 Å². The van der Waals surface area contributed by atoms with Crippen LogP contribution in [0.4, 0.5) is 11.4 Å². The van der Waals surface area contributed by atoms with Crippen LogP contribution >= 0.6 is 27.5 Å². The number of carbonyl (C=O) groups is 1. The molecule has 108 valence electrons. The molecule has 1 aliphatic heterocycles. The summed E-state index contributed by atoms with van der Waals surface area (Å²) >= 11 is 9.74. The van der Waals surface area contributed by atoms with E-state index in [1.54, 1.807) is 12.1 Å². The van der Waals surface area contributed by atoms with Gasteiger partial charge in [-0.3, -0.25) is 4.79 Å². The quantitative estimate of drug-likeness (QED) is 0.860. The van der Waals surface area contributed by atoms with Crippen LogP contribution in [-0.2, 0) is 11.3 Å². The van der Waals surface area contributed by atoms with E-state index in [2.05, 4.69) is 26.6 Å². The minimum absolute atomic E-state index is 0.0261. The van der Waals surface area contributed by atoms with Crippen molar-refractivity contribution in [2.24, 2.45) is 0 Å². The lowest BCUT2D eigenvalue weighted by Crippen LogP contribution is -2.25. The number of halogens is 2. The summed E-state index contributed by atoms with van der Waals surface area (Å²) in [7, 11) is 0. The van der Waals surface area contributed by atoms with Crippen molar-refractivity contribution in [2.75, 3.05) is 17.2 Å². The molecule has 0 atom stereocenters. The predicted molar refractivity (Wildman–Crippen MR) is 87.0 cm³/mol. The number of benzene rings is 2. The van der Waals surface area contributed by atoms with Gasteiger partial charge in [0.15, 0.2) is 6.61 Å². The molecule has 4 nitrogen and oxygen atoms in total. The zero-order valence-corrected chi connectivity index (χ0v) is 13.3. The lowest BCUT2D eigenvalue weighted by molar-refractivity contribution is -0.118. The van der Waals surface area contributed by atoms with Crippen molar-refractivity contribution in [1.82, 2.24) is 0 Å². The Bertz CT molecular complexity index is 706. The molecule has 3 rings (SSSR count). The molecular formula is C15H12BrClN2O2. The number of anilines is 2. The second-order valence-corrected chi connectivity index (χ2v) is 5.87. The van der Waals surface area contributed by atoms with Gasteiger partial charge in [0, 0.05) is 17.1 Å². The molecule has 0 bridgehead atoms. The number of nitrogens with one attached hydrogen (secondary N) is 2. The minimum Gasteiger partial charge on any atom is -0.482 e. The van der Waals surface area contributed by atoms with E-state index in [4.69, 9.17) is 16.3 Å². The second-order valence-electron chi connectivity index (χ2n) is 4.61.